The van der Waals surface area contributed by atoms with Gasteiger partial charge in [-0.05, 0) is 34.1 Å². The van der Waals surface area contributed by atoms with Crippen molar-refractivity contribution in [3.05, 3.63) is 59.7 Å². The maximum atomic E-state index is 13.1. The third-order valence-corrected chi connectivity index (χ3v) is 5.60. The molecule has 2 rings (SSSR count). The van der Waals surface area contributed by atoms with Crippen LogP contribution in [0.15, 0.2) is 48.5 Å². The molecule has 2 aromatic carbocycles. The molecule has 7 heteroatoms. The van der Waals surface area contributed by atoms with Gasteiger partial charge >= 0.3 is 16.3 Å². The Kier molecular flexibility index (Phi) is 5.80. The Morgan fingerprint density at radius 2 is 1.32 bits per heavy atom. The van der Waals surface area contributed by atoms with Crippen LogP contribution in [-0.4, -0.2) is 19.6 Å². The van der Waals surface area contributed by atoms with Gasteiger partial charge < -0.3 is 5.11 Å². The lowest BCUT2D eigenvalue weighted by Gasteiger charge is -2.33. The Morgan fingerprint density at radius 3 is 1.71 bits per heavy atom. The zero-order valence-corrected chi connectivity index (χ0v) is 18.0. The fraction of sp³-hybridized carbons (Fsp3) is 0.381. The van der Waals surface area contributed by atoms with Crippen LogP contribution in [0.2, 0.25) is 0 Å². The average Bonchev–Trinajstić information content (AvgIpc) is 2.52. The summed E-state index contributed by atoms with van der Waals surface area (Å²) in [6.07, 6.45) is -1.56. The van der Waals surface area contributed by atoms with Crippen LogP contribution in [0.25, 0.3) is 0 Å². The predicted octanol–water partition coefficient (Wildman–Crippen LogP) is 5.12. The smallest absolute Gasteiger partial charge is 0.427 e. The minimum Gasteiger partial charge on any atom is -0.464 e. The van der Waals surface area contributed by atoms with Crippen molar-refractivity contribution in [1.29, 1.82) is 0 Å². The molecule has 0 aliphatic heterocycles. The van der Waals surface area contributed by atoms with Crippen LogP contribution in [0.5, 0.6) is 0 Å². The summed E-state index contributed by atoms with van der Waals surface area (Å²) in [6, 6.07) is 13.6. The number of carboxylic acid groups (broad SMARTS) is 1. The van der Waals surface area contributed by atoms with E-state index in [9.17, 15) is 18.3 Å². The van der Waals surface area contributed by atoms with Gasteiger partial charge in [0.2, 0.25) is 0 Å². The molecule has 0 unspecified atom stereocenters. The number of hydrogen-bond acceptors (Lipinski definition) is 3. The van der Waals surface area contributed by atoms with Crippen molar-refractivity contribution in [2.45, 2.75) is 52.4 Å². The molecule has 0 saturated carbocycles. The molecule has 0 saturated heterocycles. The molecule has 152 valence electrons. The molecule has 0 heterocycles. The van der Waals surface area contributed by atoms with E-state index >= 15 is 0 Å². The van der Waals surface area contributed by atoms with Gasteiger partial charge in [-0.15, -0.1) is 0 Å². The van der Waals surface area contributed by atoms with Crippen molar-refractivity contribution in [2.75, 3.05) is 9.03 Å². The number of nitrogens with zero attached hydrogens (tertiary/aromatic N) is 1. The summed E-state index contributed by atoms with van der Waals surface area (Å²) in [5.41, 5.74) is 0.818. The van der Waals surface area contributed by atoms with Crippen LogP contribution in [0.4, 0.5) is 16.2 Å². The van der Waals surface area contributed by atoms with Gasteiger partial charge in [0.25, 0.3) is 0 Å². The van der Waals surface area contributed by atoms with Crippen LogP contribution < -0.4 is 9.03 Å². The number of anilines is 2. The van der Waals surface area contributed by atoms with Crippen LogP contribution in [0.1, 0.15) is 52.7 Å². The second-order valence-electron chi connectivity index (χ2n) is 8.72. The molecule has 0 bridgehead atoms. The molecule has 2 aromatic rings. The van der Waals surface area contributed by atoms with Crippen LogP contribution >= 0.6 is 0 Å². The van der Waals surface area contributed by atoms with Gasteiger partial charge in [-0.1, -0.05) is 77.9 Å². The van der Waals surface area contributed by atoms with Crippen LogP contribution in [0.3, 0.4) is 0 Å². The first-order chi connectivity index (χ1) is 12.7. The summed E-state index contributed by atoms with van der Waals surface area (Å²) >= 11 is 0. The van der Waals surface area contributed by atoms with E-state index in [0.29, 0.717) is 21.1 Å². The highest BCUT2D eigenvalue weighted by Crippen LogP contribution is 2.41. The second kappa shape index (κ2) is 7.47. The number of hydrogen-bond donors (Lipinski definition) is 2. The van der Waals surface area contributed by atoms with Gasteiger partial charge in [0.15, 0.2) is 0 Å². The number of nitrogens with one attached hydrogen (secondary N) is 1. The van der Waals surface area contributed by atoms with Crippen molar-refractivity contribution >= 4 is 27.7 Å². The third-order valence-electron chi connectivity index (χ3n) is 4.29. The molecule has 28 heavy (non-hydrogen) atoms. The summed E-state index contributed by atoms with van der Waals surface area (Å²) in [5.74, 6) is 0. The topological polar surface area (TPSA) is 86.7 Å². The lowest BCUT2D eigenvalue weighted by atomic mass is 9.79. The highest BCUT2D eigenvalue weighted by Gasteiger charge is 2.37. The number of rotatable bonds is 4. The Bertz CT molecular complexity index is 924. The highest BCUT2D eigenvalue weighted by atomic mass is 32.2. The van der Waals surface area contributed by atoms with Gasteiger partial charge in [-0.2, -0.15) is 12.7 Å². The molecule has 0 aliphatic rings. The summed E-state index contributed by atoms with van der Waals surface area (Å²) < 4.78 is 29.1. The molecule has 2 N–H and O–H groups in total. The predicted molar refractivity (Wildman–Crippen MR) is 113 cm³/mol. The van der Waals surface area contributed by atoms with E-state index in [1.165, 1.54) is 0 Å². The van der Waals surface area contributed by atoms with Crippen LogP contribution in [-0.2, 0) is 21.0 Å². The first-order valence-corrected chi connectivity index (χ1v) is 10.4. The first-order valence-electron chi connectivity index (χ1n) is 9.00. The van der Waals surface area contributed by atoms with Crippen molar-refractivity contribution in [3.63, 3.8) is 0 Å². The van der Waals surface area contributed by atoms with E-state index in [0.717, 1.165) is 0 Å². The lowest BCUT2D eigenvalue weighted by Crippen LogP contribution is -2.42. The fourth-order valence-corrected chi connectivity index (χ4v) is 4.16. The SMILES string of the molecule is CC(C)(C)c1cccc(C(C)(C)C)c1N(C(=O)O)S(=O)(=O)Nc1ccccc1. The first kappa shape index (κ1) is 21.8. The molecule has 1 amide bonds. The fourth-order valence-electron chi connectivity index (χ4n) is 2.99. The van der Waals surface area contributed by atoms with E-state index in [-0.39, 0.29) is 5.69 Å². The van der Waals surface area contributed by atoms with E-state index in [2.05, 4.69) is 4.72 Å². The molecule has 0 spiro atoms. The van der Waals surface area contributed by atoms with Gasteiger partial charge in [0, 0.05) is 0 Å². The van der Waals surface area contributed by atoms with Crippen molar-refractivity contribution < 1.29 is 18.3 Å². The van der Waals surface area contributed by atoms with Crippen molar-refractivity contribution in [2.24, 2.45) is 0 Å². The zero-order chi connectivity index (χ0) is 21.3. The van der Waals surface area contributed by atoms with Crippen LogP contribution in [0, 0.1) is 0 Å². The van der Waals surface area contributed by atoms with E-state index in [1.54, 1.807) is 42.5 Å². The quantitative estimate of drug-likeness (QED) is 0.740. The van der Waals surface area contributed by atoms with Gasteiger partial charge in [-0.3, -0.25) is 4.72 Å². The molecule has 0 atom stereocenters. The number of carbonyl (C=O) groups is 1. The van der Waals surface area contributed by atoms with Crippen molar-refractivity contribution in [1.82, 2.24) is 0 Å². The minimum absolute atomic E-state index is 0.179. The maximum Gasteiger partial charge on any atom is 0.427 e. The Labute approximate surface area is 167 Å². The van der Waals surface area contributed by atoms with E-state index in [4.69, 9.17) is 0 Å². The second-order valence-corrected chi connectivity index (χ2v) is 10.2. The standard InChI is InChI=1S/C21H28N2O4S/c1-20(2,3)16-13-10-14-17(21(4,5)6)18(16)23(19(24)25)28(26,27)22-15-11-8-7-9-12-15/h7-14,22H,1-6H3,(H,24,25). The van der Waals surface area contributed by atoms with Gasteiger partial charge in [-0.25, -0.2) is 4.79 Å². The monoisotopic (exact) mass is 404 g/mol. The number of para-hydroxylation sites is 2. The largest absolute Gasteiger partial charge is 0.464 e. The number of benzene rings is 2. The summed E-state index contributed by atoms with van der Waals surface area (Å²) in [5, 5.41) is 9.93. The molecule has 6 nitrogen and oxygen atoms in total. The molecule has 0 radical (unpaired) electrons. The normalized spacial score (nSPS) is 12.5. The van der Waals surface area contributed by atoms with Crippen molar-refractivity contribution in [3.8, 4) is 0 Å². The summed E-state index contributed by atoms with van der Waals surface area (Å²) in [4.78, 5) is 12.2. The molecular formula is C21H28N2O4S. The number of amides is 1. The Balaban J connectivity index is 2.77. The van der Waals surface area contributed by atoms with Gasteiger partial charge in [0.1, 0.15) is 0 Å². The van der Waals surface area contributed by atoms with E-state index < -0.39 is 27.1 Å². The summed E-state index contributed by atoms with van der Waals surface area (Å²) in [7, 11) is -4.41. The lowest BCUT2D eigenvalue weighted by molar-refractivity contribution is 0.206. The Hall–Kier alpha value is -2.54. The Morgan fingerprint density at radius 1 is 0.857 bits per heavy atom. The summed E-state index contributed by atoms with van der Waals surface area (Å²) in [6.45, 7) is 11.6. The maximum absolute atomic E-state index is 13.1. The molecule has 0 aromatic heterocycles. The average molecular weight is 405 g/mol. The van der Waals surface area contributed by atoms with Gasteiger partial charge in [0.05, 0.1) is 11.4 Å². The minimum atomic E-state index is -4.41. The third kappa shape index (κ3) is 4.65. The molecular weight excluding hydrogens is 376 g/mol. The van der Waals surface area contributed by atoms with E-state index in [1.807, 2.05) is 47.6 Å². The molecule has 0 fully saturated rings. The zero-order valence-electron chi connectivity index (χ0n) is 17.1. The molecule has 0 aliphatic carbocycles. The highest BCUT2D eigenvalue weighted by molar-refractivity contribution is 7.94.